The van der Waals surface area contributed by atoms with Gasteiger partial charge in [-0.2, -0.15) is 0 Å². The fourth-order valence-electron chi connectivity index (χ4n) is 0.520. The molecule has 1 heterocycles. The van der Waals surface area contributed by atoms with E-state index in [1.54, 1.807) is 0 Å². The van der Waals surface area contributed by atoms with Crippen LogP contribution >= 0.6 is 0 Å². The number of nitrogens with two attached hydrogens (primary N) is 1. The van der Waals surface area contributed by atoms with Crippen molar-refractivity contribution in [2.45, 2.75) is 0 Å². The average molecular weight is 139 g/mol. The van der Waals surface area contributed by atoms with Gasteiger partial charge >= 0.3 is 0 Å². The Morgan fingerprint density at radius 2 is 2.40 bits per heavy atom. The topological polar surface area (TPSA) is 88.8 Å². The first-order chi connectivity index (χ1) is 4.72. The van der Waals surface area contributed by atoms with Gasteiger partial charge in [0.2, 0.25) is 0 Å². The van der Waals surface area contributed by atoms with Crippen molar-refractivity contribution in [3.05, 3.63) is 28.4 Å². The van der Waals surface area contributed by atoms with Crippen molar-refractivity contribution in [3.8, 4) is 0 Å². The number of aromatic nitrogens is 2. The Morgan fingerprint density at radius 1 is 1.70 bits per heavy atom. The fraction of sp³-hybridized carbons (Fsp3) is 0. The number of aromatic amines is 1. The van der Waals surface area contributed by atoms with Crippen LogP contribution in [0.3, 0.4) is 0 Å². The molecule has 1 aromatic rings. The standard InChI is InChI=1S/C5H5N3O2/c6-4(9)3-1-7-2-8-5(3)10/h1-2H,(H2,6,9)(H,7,8,10). The molecule has 1 amide bonds. The molecule has 0 aliphatic carbocycles. The number of primary amides is 1. The van der Waals surface area contributed by atoms with Crippen molar-refractivity contribution in [3.63, 3.8) is 0 Å². The molecule has 0 saturated carbocycles. The summed E-state index contributed by atoms with van der Waals surface area (Å²) in [7, 11) is 0. The third kappa shape index (κ3) is 1.02. The normalized spacial score (nSPS) is 9.20. The zero-order chi connectivity index (χ0) is 7.56. The van der Waals surface area contributed by atoms with Gasteiger partial charge in [0.25, 0.3) is 11.5 Å². The SMILES string of the molecule is NC(=O)c1cnc[nH]c1=O. The fourth-order valence-corrected chi connectivity index (χ4v) is 0.520. The summed E-state index contributed by atoms with van der Waals surface area (Å²) in [5.74, 6) is -0.769. The van der Waals surface area contributed by atoms with E-state index in [1.807, 2.05) is 0 Å². The molecule has 0 aliphatic rings. The van der Waals surface area contributed by atoms with E-state index < -0.39 is 11.5 Å². The Balaban J connectivity index is 3.29. The van der Waals surface area contributed by atoms with E-state index in [0.29, 0.717) is 0 Å². The summed E-state index contributed by atoms with van der Waals surface area (Å²) in [6, 6.07) is 0. The van der Waals surface area contributed by atoms with Gasteiger partial charge in [-0.05, 0) is 0 Å². The number of carbonyl (C=O) groups is 1. The molecule has 1 aromatic heterocycles. The van der Waals surface area contributed by atoms with Gasteiger partial charge in [-0.3, -0.25) is 9.59 Å². The van der Waals surface area contributed by atoms with Crippen LogP contribution in [0.15, 0.2) is 17.3 Å². The molecule has 0 aromatic carbocycles. The Hall–Kier alpha value is -1.65. The van der Waals surface area contributed by atoms with Gasteiger partial charge in [0.05, 0.1) is 6.33 Å². The number of nitrogens with zero attached hydrogens (tertiary/aromatic N) is 1. The Morgan fingerprint density at radius 3 is 2.80 bits per heavy atom. The number of amides is 1. The number of hydrogen-bond donors (Lipinski definition) is 2. The van der Waals surface area contributed by atoms with E-state index in [1.165, 1.54) is 6.33 Å². The molecular weight excluding hydrogens is 134 g/mol. The third-order valence-corrected chi connectivity index (χ3v) is 0.984. The Labute approximate surface area is 55.9 Å². The second kappa shape index (κ2) is 2.30. The van der Waals surface area contributed by atoms with Gasteiger partial charge in [0.1, 0.15) is 5.56 Å². The van der Waals surface area contributed by atoms with Crippen LogP contribution in [0.5, 0.6) is 0 Å². The maximum Gasteiger partial charge on any atom is 0.263 e. The summed E-state index contributed by atoms with van der Waals surface area (Å²) < 4.78 is 0. The molecule has 5 nitrogen and oxygen atoms in total. The zero-order valence-electron chi connectivity index (χ0n) is 5.00. The lowest BCUT2D eigenvalue weighted by Gasteiger charge is -1.88. The number of nitrogens with one attached hydrogen (secondary N) is 1. The van der Waals surface area contributed by atoms with Gasteiger partial charge in [-0.25, -0.2) is 4.98 Å². The van der Waals surface area contributed by atoms with E-state index in [-0.39, 0.29) is 5.56 Å². The molecular formula is C5H5N3O2. The summed E-state index contributed by atoms with van der Waals surface area (Å²) >= 11 is 0. The van der Waals surface area contributed by atoms with E-state index in [2.05, 4.69) is 9.97 Å². The van der Waals surface area contributed by atoms with Crippen LogP contribution in [0, 0.1) is 0 Å². The highest BCUT2D eigenvalue weighted by molar-refractivity contribution is 5.91. The lowest BCUT2D eigenvalue weighted by atomic mass is 10.3. The Kier molecular flexibility index (Phi) is 1.49. The molecule has 0 saturated heterocycles. The molecule has 0 radical (unpaired) electrons. The summed E-state index contributed by atoms with van der Waals surface area (Å²) in [6.45, 7) is 0. The first-order valence-corrected chi connectivity index (χ1v) is 2.54. The maximum absolute atomic E-state index is 10.7. The molecule has 3 N–H and O–H groups in total. The van der Waals surface area contributed by atoms with Crippen LogP contribution in [0.1, 0.15) is 10.4 Å². The minimum atomic E-state index is -0.769. The lowest BCUT2D eigenvalue weighted by Crippen LogP contribution is -2.23. The predicted octanol–water partition coefficient (Wildman–Crippen LogP) is -1.13. The first kappa shape index (κ1) is 6.47. The summed E-state index contributed by atoms with van der Waals surface area (Å²) in [6.07, 6.45) is 2.32. The molecule has 5 heteroatoms. The molecule has 52 valence electrons. The van der Waals surface area contributed by atoms with Crippen LogP contribution < -0.4 is 11.3 Å². The highest BCUT2D eigenvalue weighted by atomic mass is 16.2. The Bertz CT molecular complexity index is 304. The highest BCUT2D eigenvalue weighted by Gasteiger charge is 2.03. The smallest absolute Gasteiger partial charge is 0.263 e. The van der Waals surface area contributed by atoms with Crippen LogP contribution in [0.4, 0.5) is 0 Å². The second-order valence-corrected chi connectivity index (χ2v) is 1.66. The van der Waals surface area contributed by atoms with Crippen LogP contribution in [0.25, 0.3) is 0 Å². The van der Waals surface area contributed by atoms with Crippen molar-refractivity contribution in [2.24, 2.45) is 5.73 Å². The van der Waals surface area contributed by atoms with E-state index in [9.17, 15) is 9.59 Å². The van der Waals surface area contributed by atoms with Gasteiger partial charge in [0, 0.05) is 6.20 Å². The molecule has 0 spiro atoms. The van der Waals surface area contributed by atoms with Gasteiger partial charge in [0.15, 0.2) is 0 Å². The van der Waals surface area contributed by atoms with Crippen molar-refractivity contribution in [1.82, 2.24) is 9.97 Å². The molecule has 0 unspecified atom stereocenters. The van der Waals surface area contributed by atoms with Crippen LogP contribution in [-0.4, -0.2) is 15.9 Å². The van der Waals surface area contributed by atoms with Crippen LogP contribution in [0.2, 0.25) is 0 Å². The highest BCUT2D eigenvalue weighted by Crippen LogP contribution is 1.80. The van der Waals surface area contributed by atoms with Crippen molar-refractivity contribution >= 4 is 5.91 Å². The van der Waals surface area contributed by atoms with E-state index in [0.717, 1.165) is 6.20 Å². The maximum atomic E-state index is 10.7. The average Bonchev–Trinajstić information content (AvgIpc) is 1.88. The van der Waals surface area contributed by atoms with Crippen molar-refractivity contribution < 1.29 is 4.79 Å². The minimum absolute atomic E-state index is 0.123. The van der Waals surface area contributed by atoms with Gasteiger partial charge in [-0.1, -0.05) is 0 Å². The van der Waals surface area contributed by atoms with Crippen molar-refractivity contribution in [1.29, 1.82) is 0 Å². The number of H-pyrrole nitrogens is 1. The van der Waals surface area contributed by atoms with E-state index in [4.69, 9.17) is 5.73 Å². The van der Waals surface area contributed by atoms with Gasteiger partial charge < -0.3 is 10.7 Å². The summed E-state index contributed by atoms with van der Waals surface area (Å²) in [5, 5.41) is 0. The molecule has 0 atom stereocenters. The molecule has 0 aliphatic heterocycles. The largest absolute Gasteiger partial charge is 0.365 e. The quantitative estimate of drug-likeness (QED) is 0.515. The number of rotatable bonds is 1. The van der Waals surface area contributed by atoms with Crippen LogP contribution in [-0.2, 0) is 0 Å². The number of carbonyl (C=O) groups excluding carboxylic acids is 1. The summed E-state index contributed by atoms with van der Waals surface area (Å²) in [4.78, 5) is 26.8. The van der Waals surface area contributed by atoms with Gasteiger partial charge in [-0.15, -0.1) is 0 Å². The second-order valence-electron chi connectivity index (χ2n) is 1.66. The molecule has 0 bridgehead atoms. The third-order valence-electron chi connectivity index (χ3n) is 0.984. The lowest BCUT2D eigenvalue weighted by molar-refractivity contribution is 0.0998. The molecule has 0 fully saturated rings. The molecule has 1 rings (SSSR count). The summed E-state index contributed by atoms with van der Waals surface area (Å²) in [5.41, 5.74) is 4.18. The van der Waals surface area contributed by atoms with Crippen molar-refractivity contribution in [2.75, 3.05) is 0 Å². The zero-order valence-corrected chi connectivity index (χ0v) is 5.00. The first-order valence-electron chi connectivity index (χ1n) is 2.54. The predicted molar refractivity (Wildman–Crippen MR) is 33.4 cm³/mol. The number of hydrogen-bond acceptors (Lipinski definition) is 3. The molecule has 10 heavy (non-hydrogen) atoms. The van der Waals surface area contributed by atoms with E-state index >= 15 is 0 Å². The monoisotopic (exact) mass is 139 g/mol. The minimum Gasteiger partial charge on any atom is -0.365 e.